The Bertz CT molecular complexity index is 1820. The molecule has 42 heavy (non-hydrogen) atoms. The molecule has 2 heterocycles. The van der Waals surface area contributed by atoms with Crippen molar-refractivity contribution in [1.82, 2.24) is 4.90 Å². The maximum Gasteiger partial charge on any atom is 0.254 e. The summed E-state index contributed by atoms with van der Waals surface area (Å²) >= 11 is 0. The molecule has 2 atom stereocenters. The molecule has 3 aromatic carbocycles. The number of benzene rings is 3. The van der Waals surface area contributed by atoms with Gasteiger partial charge in [0.2, 0.25) is 10.0 Å². The lowest BCUT2D eigenvalue weighted by molar-refractivity contribution is 0.0768. The van der Waals surface area contributed by atoms with Gasteiger partial charge in [0.15, 0.2) is 5.78 Å². The average Bonchev–Trinajstić information content (AvgIpc) is 3.47. The monoisotopic (exact) mass is 592 g/mol. The van der Waals surface area contributed by atoms with E-state index >= 15 is 0 Å². The van der Waals surface area contributed by atoms with Crippen molar-refractivity contribution in [3.8, 4) is 22.5 Å². The highest BCUT2D eigenvalue weighted by Gasteiger charge is 2.48. The first-order valence-corrected chi connectivity index (χ1v) is 15.8. The van der Waals surface area contributed by atoms with Crippen LogP contribution in [0.5, 0.6) is 0 Å². The van der Waals surface area contributed by atoms with Crippen molar-refractivity contribution in [1.29, 1.82) is 0 Å². The summed E-state index contributed by atoms with van der Waals surface area (Å²) in [6.45, 7) is 1.06. The minimum Gasteiger partial charge on any atom is -0.455 e. The van der Waals surface area contributed by atoms with Crippen molar-refractivity contribution in [2.24, 2.45) is 5.92 Å². The number of likely N-dealkylation sites (tertiary alicyclic amines) is 1. The van der Waals surface area contributed by atoms with Crippen LogP contribution in [-0.2, 0) is 10.0 Å². The maximum absolute atomic E-state index is 13.7. The smallest absolute Gasteiger partial charge is 0.254 e. The van der Waals surface area contributed by atoms with Crippen molar-refractivity contribution >= 4 is 38.4 Å². The van der Waals surface area contributed by atoms with Crippen LogP contribution in [0, 0.1) is 11.7 Å². The number of piperidine rings is 1. The van der Waals surface area contributed by atoms with E-state index in [1.54, 1.807) is 37.3 Å². The highest BCUT2D eigenvalue weighted by atomic mass is 32.2. The van der Waals surface area contributed by atoms with E-state index in [0.29, 0.717) is 40.1 Å². The van der Waals surface area contributed by atoms with E-state index in [1.165, 1.54) is 30.3 Å². The summed E-state index contributed by atoms with van der Waals surface area (Å²) in [5, 5.41) is 0.436. The number of hydrogen-bond donors (Lipinski definition) is 0. The van der Waals surface area contributed by atoms with Crippen LogP contribution in [-0.4, -0.2) is 57.1 Å². The number of ketones is 1. The third-order valence-electron chi connectivity index (χ3n) is 8.18. The van der Waals surface area contributed by atoms with Gasteiger partial charge in [-0.1, -0.05) is 19.1 Å². The fourth-order valence-corrected chi connectivity index (χ4v) is 6.91. The molecule has 1 aliphatic heterocycles. The number of halogens is 2. The largest absolute Gasteiger partial charge is 0.455 e. The van der Waals surface area contributed by atoms with Gasteiger partial charge >= 0.3 is 0 Å². The lowest BCUT2D eigenvalue weighted by atomic mass is 9.95. The van der Waals surface area contributed by atoms with Crippen molar-refractivity contribution in [3.05, 3.63) is 77.6 Å². The van der Waals surface area contributed by atoms with E-state index in [1.807, 2.05) is 4.90 Å². The molecule has 0 N–H and O–H groups in total. The summed E-state index contributed by atoms with van der Waals surface area (Å²) in [7, 11) is -3.93. The molecule has 0 spiro atoms. The van der Waals surface area contributed by atoms with E-state index in [2.05, 4.69) is 0 Å². The second-order valence-electron chi connectivity index (χ2n) is 10.9. The van der Waals surface area contributed by atoms with Crippen LogP contribution in [0.4, 0.5) is 14.5 Å². The van der Waals surface area contributed by atoms with E-state index in [9.17, 15) is 26.8 Å². The molecule has 1 amide bonds. The summed E-state index contributed by atoms with van der Waals surface area (Å²) < 4.78 is 60.3. The molecule has 1 saturated carbocycles. The predicted octanol–water partition coefficient (Wildman–Crippen LogP) is 6.47. The zero-order valence-electron chi connectivity index (χ0n) is 23.3. The van der Waals surface area contributed by atoms with Gasteiger partial charge in [0.1, 0.15) is 23.8 Å². The van der Waals surface area contributed by atoms with Gasteiger partial charge in [-0.2, -0.15) is 0 Å². The number of furan rings is 1. The van der Waals surface area contributed by atoms with Crippen LogP contribution in [0.3, 0.4) is 0 Å². The molecule has 10 heteroatoms. The first kappa shape index (κ1) is 28.1. The molecule has 0 bridgehead atoms. The standard InChI is InChI=1S/C32H30F2N2O5S/c1-3-28(37)30-25-17-24(20-5-4-6-22(15-20)32(38)35-13-11-21-16-26(21)35)27(36(14-12-33)42(2,39)40)18-29(25)41-31(30)19-7-9-23(34)10-8-19/h4-10,15,17-18,21,26H,3,11-14,16H2,1-2H3. The van der Waals surface area contributed by atoms with Crippen LogP contribution in [0.15, 0.2) is 65.1 Å². The van der Waals surface area contributed by atoms with Gasteiger partial charge in [-0.25, -0.2) is 17.2 Å². The zero-order valence-corrected chi connectivity index (χ0v) is 24.1. The minimum atomic E-state index is -3.93. The Morgan fingerprint density at radius 1 is 1.07 bits per heavy atom. The van der Waals surface area contributed by atoms with Crippen LogP contribution in [0.25, 0.3) is 33.4 Å². The second kappa shape index (κ2) is 10.7. The van der Waals surface area contributed by atoms with Gasteiger partial charge in [-0.05, 0) is 66.8 Å². The van der Waals surface area contributed by atoms with Crippen molar-refractivity contribution in [2.75, 3.05) is 30.3 Å². The molecule has 4 aromatic rings. The Hall–Kier alpha value is -4.05. The Labute approximate surface area is 242 Å². The Morgan fingerprint density at radius 2 is 1.83 bits per heavy atom. The topological polar surface area (TPSA) is 87.9 Å². The quantitative estimate of drug-likeness (QED) is 0.208. The van der Waals surface area contributed by atoms with Crippen LogP contribution in [0.2, 0.25) is 0 Å². The van der Waals surface area contributed by atoms with E-state index in [0.717, 1.165) is 23.4 Å². The third-order valence-corrected chi connectivity index (χ3v) is 9.36. The van der Waals surface area contributed by atoms with Gasteiger partial charge in [0.05, 0.1) is 24.1 Å². The maximum atomic E-state index is 13.7. The number of carbonyl (C=O) groups excluding carboxylic acids is 2. The summed E-state index contributed by atoms with van der Waals surface area (Å²) in [5.74, 6) is 0.0529. The molecular weight excluding hydrogens is 562 g/mol. The molecule has 218 valence electrons. The Morgan fingerprint density at radius 3 is 2.45 bits per heavy atom. The summed E-state index contributed by atoms with van der Waals surface area (Å²) in [4.78, 5) is 28.6. The lowest BCUT2D eigenvalue weighted by Gasteiger charge is -2.24. The highest BCUT2D eigenvalue weighted by molar-refractivity contribution is 7.92. The predicted molar refractivity (Wildman–Crippen MR) is 157 cm³/mol. The number of fused-ring (bicyclic) bond motifs is 2. The molecular formula is C32H30F2N2O5S. The number of carbonyl (C=O) groups is 2. The van der Waals surface area contributed by atoms with Gasteiger partial charge in [-0.3, -0.25) is 13.9 Å². The molecule has 1 aliphatic carbocycles. The third kappa shape index (κ3) is 4.98. The Kier molecular flexibility index (Phi) is 7.12. The number of alkyl halides is 1. The summed E-state index contributed by atoms with van der Waals surface area (Å²) in [6, 6.07) is 15.9. The van der Waals surface area contributed by atoms with Gasteiger partial charge in [0.25, 0.3) is 5.91 Å². The molecule has 0 radical (unpaired) electrons. The summed E-state index contributed by atoms with van der Waals surface area (Å²) in [5.41, 5.74) is 2.55. The van der Waals surface area contributed by atoms with E-state index in [4.69, 9.17) is 4.42 Å². The van der Waals surface area contributed by atoms with E-state index < -0.39 is 29.1 Å². The fraction of sp³-hybridized carbons (Fsp3) is 0.312. The SMILES string of the molecule is CCC(=O)c1c(-c2ccc(F)cc2)oc2cc(N(CCF)S(C)(=O)=O)c(-c3cccc(C(=O)N4CCC5CC54)c3)cc12. The minimum absolute atomic E-state index is 0.0861. The van der Waals surface area contributed by atoms with Crippen LogP contribution >= 0.6 is 0 Å². The number of Topliss-reactive ketones (excluding diaryl/α,β-unsaturated/α-hetero) is 1. The average molecular weight is 593 g/mol. The van der Waals surface area contributed by atoms with Crippen LogP contribution in [0.1, 0.15) is 46.9 Å². The number of anilines is 1. The molecule has 2 fully saturated rings. The van der Waals surface area contributed by atoms with Gasteiger partial charge < -0.3 is 9.32 Å². The molecule has 1 aromatic heterocycles. The lowest BCUT2D eigenvalue weighted by Crippen LogP contribution is -2.32. The number of nitrogens with zero attached hydrogens (tertiary/aromatic N) is 2. The highest BCUT2D eigenvalue weighted by Crippen LogP contribution is 2.45. The van der Waals surface area contributed by atoms with Crippen LogP contribution < -0.4 is 4.31 Å². The molecule has 1 saturated heterocycles. The van der Waals surface area contributed by atoms with Crippen molar-refractivity contribution in [3.63, 3.8) is 0 Å². The molecule has 7 nitrogen and oxygen atoms in total. The zero-order chi connectivity index (χ0) is 29.8. The van der Waals surface area contributed by atoms with Crippen molar-refractivity contribution in [2.45, 2.75) is 32.2 Å². The first-order valence-electron chi connectivity index (χ1n) is 14.0. The van der Waals surface area contributed by atoms with Gasteiger partial charge in [-0.15, -0.1) is 0 Å². The number of amides is 1. The first-order chi connectivity index (χ1) is 20.1. The number of sulfonamides is 1. The Balaban J connectivity index is 1.58. The molecule has 2 aliphatic rings. The van der Waals surface area contributed by atoms with E-state index in [-0.39, 0.29) is 46.7 Å². The normalized spacial score (nSPS) is 17.9. The molecule has 6 rings (SSSR count). The second-order valence-corrected chi connectivity index (χ2v) is 12.8. The van der Waals surface area contributed by atoms with Gasteiger partial charge in [0, 0.05) is 47.2 Å². The number of hydrogen-bond acceptors (Lipinski definition) is 5. The number of rotatable bonds is 9. The molecule has 2 unspecified atom stereocenters. The van der Waals surface area contributed by atoms with Crippen molar-refractivity contribution < 1.29 is 31.2 Å². The fourth-order valence-electron chi connectivity index (χ4n) is 6.00. The summed E-state index contributed by atoms with van der Waals surface area (Å²) in [6.07, 6.45) is 3.17.